The lowest BCUT2D eigenvalue weighted by Crippen LogP contribution is -2.16. The largest absolute Gasteiger partial charge is 0.389 e. The van der Waals surface area contributed by atoms with E-state index in [0.29, 0.717) is 17.4 Å². The van der Waals surface area contributed by atoms with Crippen molar-refractivity contribution in [2.24, 2.45) is 5.73 Å². The number of halogens is 1. The number of hydrogen-bond acceptors (Lipinski definition) is 3. The summed E-state index contributed by atoms with van der Waals surface area (Å²) in [6.45, 7) is 4.40. The third kappa shape index (κ3) is 3.30. The van der Waals surface area contributed by atoms with E-state index in [1.807, 2.05) is 19.9 Å². The van der Waals surface area contributed by atoms with E-state index >= 15 is 0 Å². The van der Waals surface area contributed by atoms with Crippen LogP contribution in [0.3, 0.4) is 0 Å². The predicted octanol–water partition coefficient (Wildman–Crippen LogP) is 3.08. The molecule has 3 N–H and O–H groups in total. The van der Waals surface area contributed by atoms with Gasteiger partial charge in [-0.3, -0.25) is 0 Å². The minimum atomic E-state index is -0.248. The number of benzene rings is 1. The van der Waals surface area contributed by atoms with Crippen LogP contribution in [-0.4, -0.2) is 9.97 Å². The second-order valence-corrected chi connectivity index (χ2v) is 5.09. The van der Waals surface area contributed by atoms with Crippen LogP contribution in [0.1, 0.15) is 22.4 Å². The molecule has 0 radical (unpaired) electrons. The number of nitrogens with two attached hydrogens (primary N) is 1. The maximum Gasteiger partial charge on any atom is 0.137 e. The Balaban J connectivity index is 2.24. The Hall–Kier alpha value is -2.01. The fourth-order valence-electron chi connectivity index (χ4n) is 2.06. The molecule has 0 fully saturated rings. The number of aryl methyl sites for hydroxylation is 2. The highest BCUT2D eigenvalue weighted by atomic mass is 32.1. The Morgan fingerprint density at radius 2 is 1.95 bits per heavy atom. The maximum absolute atomic E-state index is 12.9. The van der Waals surface area contributed by atoms with Gasteiger partial charge in [0.25, 0.3) is 0 Å². The molecule has 0 saturated heterocycles. The van der Waals surface area contributed by atoms with Gasteiger partial charge in [-0.15, -0.1) is 0 Å². The van der Waals surface area contributed by atoms with Crippen LogP contribution in [0, 0.1) is 19.7 Å². The minimum absolute atomic E-state index is 0.248. The Morgan fingerprint density at radius 3 is 2.55 bits per heavy atom. The van der Waals surface area contributed by atoms with Gasteiger partial charge in [-0.2, -0.15) is 0 Å². The van der Waals surface area contributed by atoms with Gasteiger partial charge in [0, 0.05) is 12.2 Å². The molecule has 0 aliphatic heterocycles. The zero-order valence-electron chi connectivity index (χ0n) is 11.4. The number of rotatable bonds is 4. The Bertz CT molecular complexity index is 638. The average molecular weight is 289 g/mol. The van der Waals surface area contributed by atoms with Gasteiger partial charge in [0.15, 0.2) is 0 Å². The molecular formula is C15H16FN3S. The summed E-state index contributed by atoms with van der Waals surface area (Å²) in [5, 5.41) is 3.21. The Morgan fingerprint density at radius 1 is 1.30 bits per heavy atom. The summed E-state index contributed by atoms with van der Waals surface area (Å²) in [6.07, 6.45) is 0. The lowest BCUT2D eigenvalue weighted by atomic mass is 10.1. The van der Waals surface area contributed by atoms with E-state index < -0.39 is 0 Å². The lowest BCUT2D eigenvalue weighted by Gasteiger charge is -2.13. The molecule has 0 saturated carbocycles. The summed E-state index contributed by atoms with van der Waals surface area (Å²) in [6, 6.07) is 8.26. The highest BCUT2D eigenvalue weighted by molar-refractivity contribution is 7.80. The van der Waals surface area contributed by atoms with E-state index in [9.17, 15) is 4.39 Å². The monoisotopic (exact) mass is 289 g/mol. The van der Waals surface area contributed by atoms with Crippen LogP contribution in [0.15, 0.2) is 30.3 Å². The van der Waals surface area contributed by atoms with E-state index in [1.165, 1.54) is 12.1 Å². The fourth-order valence-corrected chi connectivity index (χ4v) is 2.32. The molecule has 0 aliphatic rings. The number of hydrogen-bond donors (Lipinski definition) is 2. The minimum Gasteiger partial charge on any atom is -0.389 e. The van der Waals surface area contributed by atoms with Gasteiger partial charge in [-0.05, 0) is 43.2 Å². The van der Waals surface area contributed by atoms with E-state index in [0.717, 1.165) is 22.4 Å². The highest BCUT2D eigenvalue weighted by Crippen LogP contribution is 2.19. The van der Waals surface area contributed by atoms with Crippen LogP contribution >= 0.6 is 12.2 Å². The smallest absolute Gasteiger partial charge is 0.137 e. The van der Waals surface area contributed by atoms with Crippen molar-refractivity contribution in [2.45, 2.75) is 20.4 Å². The number of anilines is 1. The van der Waals surface area contributed by atoms with Gasteiger partial charge in [0.2, 0.25) is 0 Å². The van der Waals surface area contributed by atoms with E-state index in [-0.39, 0.29) is 5.82 Å². The first-order valence-corrected chi connectivity index (χ1v) is 6.64. The normalized spacial score (nSPS) is 10.3. The van der Waals surface area contributed by atoms with Crippen LogP contribution < -0.4 is 11.1 Å². The first-order valence-electron chi connectivity index (χ1n) is 6.23. The summed E-state index contributed by atoms with van der Waals surface area (Å²) in [5.41, 5.74) is 9.36. The Labute approximate surface area is 123 Å². The second-order valence-electron chi connectivity index (χ2n) is 4.65. The summed E-state index contributed by atoms with van der Waals surface area (Å²) in [7, 11) is 0. The van der Waals surface area contributed by atoms with Gasteiger partial charge < -0.3 is 11.1 Å². The maximum atomic E-state index is 12.9. The molecular weight excluding hydrogens is 273 g/mol. The molecule has 20 heavy (non-hydrogen) atoms. The topological polar surface area (TPSA) is 50.9 Å². The molecule has 0 amide bonds. The molecule has 1 aromatic heterocycles. The van der Waals surface area contributed by atoms with Gasteiger partial charge in [-0.25, -0.2) is 9.37 Å². The first kappa shape index (κ1) is 14.4. The van der Waals surface area contributed by atoms with Gasteiger partial charge in [0.1, 0.15) is 16.6 Å². The van der Waals surface area contributed by atoms with Crippen molar-refractivity contribution in [2.75, 3.05) is 5.32 Å². The van der Waals surface area contributed by atoms with E-state index in [4.69, 9.17) is 18.0 Å². The molecule has 2 aromatic rings. The molecule has 5 heteroatoms. The van der Waals surface area contributed by atoms with Gasteiger partial charge in [-0.1, -0.05) is 24.4 Å². The molecule has 1 heterocycles. The molecule has 0 unspecified atom stereocenters. The fraction of sp³-hybridized carbons (Fsp3) is 0.200. The highest BCUT2D eigenvalue weighted by Gasteiger charge is 2.11. The van der Waals surface area contributed by atoms with Crippen molar-refractivity contribution in [1.29, 1.82) is 0 Å². The third-order valence-electron chi connectivity index (χ3n) is 2.96. The third-order valence-corrected chi connectivity index (χ3v) is 3.17. The van der Waals surface area contributed by atoms with Gasteiger partial charge in [0.05, 0.1) is 5.56 Å². The van der Waals surface area contributed by atoms with Crippen molar-refractivity contribution in [1.82, 2.24) is 4.98 Å². The number of nitrogens with one attached hydrogen (secondary N) is 1. The van der Waals surface area contributed by atoms with Crippen LogP contribution in [0.25, 0.3) is 0 Å². The van der Waals surface area contributed by atoms with Crippen LogP contribution in [0.2, 0.25) is 0 Å². The molecule has 2 rings (SSSR count). The van der Waals surface area contributed by atoms with Crippen molar-refractivity contribution < 1.29 is 4.39 Å². The van der Waals surface area contributed by atoms with Crippen molar-refractivity contribution in [3.8, 4) is 0 Å². The summed E-state index contributed by atoms with van der Waals surface area (Å²) in [4.78, 5) is 4.75. The summed E-state index contributed by atoms with van der Waals surface area (Å²) < 4.78 is 12.9. The number of aromatic nitrogens is 1. The van der Waals surface area contributed by atoms with Crippen molar-refractivity contribution in [3.05, 3.63) is 58.5 Å². The number of thiocarbonyl (C=S) groups is 1. The number of pyridine rings is 1. The van der Waals surface area contributed by atoms with Crippen LogP contribution in [-0.2, 0) is 6.54 Å². The standard InChI is InChI=1S/C15H16FN3S/c1-9-7-10(2)19-15(13(9)14(17)20)18-8-11-3-5-12(16)6-4-11/h3-7H,8H2,1-2H3,(H2,17,20)(H,18,19). The quantitative estimate of drug-likeness (QED) is 0.849. The van der Waals surface area contributed by atoms with Crippen molar-refractivity contribution in [3.63, 3.8) is 0 Å². The Kier molecular flexibility index (Phi) is 4.29. The SMILES string of the molecule is Cc1cc(C)c(C(N)=S)c(NCc2ccc(F)cc2)n1. The molecule has 0 atom stereocenters. The molecule has 104 valence electrons. The van der Waals surface area contributed by atoms with Crippen molar-refractivity contribution >= 4 is 23.0 Å². The predicted molar refractivity (Wildman–Crippen MR) is 83.3 cm³/mol. The molecule has 0 aliphatic carbocycles. The first-order chi connectivity index (χ1) is 9.47. The lowest BCUT2D eigenvalue weighted by molar-refractivity contribution is 0.627. The zero-order valence-corrected chi connectivity index (χ0v) is 12.2. The van der Waals surface area contributed by atoms with E-state index in [2.05, 4.69) is 10.3 Å². The van der Waals surface area contributed by atoms with Gasteiger partial charge >= 0.3 is 0 Å². The average Bonchev–Trinajstić information content (AvgIpc) is 2.36. The van der Waals surface area contributed by atoms with E-state index in [1.54, 1.807) is 12.1 Å². The summed E-state index contributed by atoms with van der Waals surface area (Å²) in [5.74, 6) is 0.418. The van der Waals surface area contributed by atoms with Crippen LogP contribution in [0.4, 0.5) is 10.2 Å². The molecule has 1 aromatic carbocycles. The van der Waals surface area contributed by atoms with Crippen LogP contribution in [0.5, 0.6) is 0 Å². The zero-order chi connectivity index (χ0) is 14.7. The second kappa shape index (κ2) is 5.96. The number of nitrogens with zero attached hydrogens (tertiary/aromatic N) is 1. The molecule has 3 nitrogen and oxygen atoms in total. The molecule has 0 bridgehead atoms. The molecule has 0 spiro atoms. The summed E-state index contributed by atoms with van der Waals surface area (Å²) >= 11 is 5.08.